The lowest BCUT2D eigenvalue weighted by Gasteiger charge is -2.11. The molecule has 2 atom stereocenters. The molecule has 1 aliphatic rings. The Labute approximate surface area is 110 Å². The number of imidazole rings is 1. The number of aromatic amines is 1. The zero-order valence-electron chi connectivity index (χ0n) is 9.63. The van der Waals surface area contributed by atoms with E-state index in [0.717, 1.165) is 16.9 Å². The van der Waals surface area contributed by atoms with E-state index in [9.17, 15) is 0 Å². The number of benzene rings is 1. The second kappa shape index (κ2) is 4.18. The Morgan fingerprint density at radius 1 is 1.24 bits per heavy atom. The Morgan fingerprint density at radius 2 is 2.00 bits per heavy atom. The van der Waals surface area contributed by atoms with Gasteiger partial charge in [0.15, 0.2) is 0 Å². The summed E-state index contributed by atoms with van der Waals surface area (Å²) in [5, 5.41) is 1.14. The molecule has 1 aromatic carbocycles. The highest BCUT2D eigenvalue weighted by molar-refractivity contribution is 6.42. The maximum atomic E-state index is 6.01. The van der Waals surface area contributed by atoms with Gasteiger partial charge in [0.25, 0.3) is 0 Å². The van der Waals surface area contributed by atoms with E-state index in [2.05, 4.69) is 16.9 Å². The van der Waals surface area contributed by atoms with Crippen LogP contribution in [0, 0.1) is 5.92 Å². The third-order valence-electron chi connectivity index (χ3n) is 3.75. The highest BCUT2D eigenvalue weighted by atomic mass is 35.5. The van der Waals surface area contributed by atoms with Crippen molar-refractivity contribution in [1.29, 1.82) is 0 Å². The fourth-order valence-corrected chi connectivity index (χ4v) is 3.07. The fourth-order valence-electron chi connectivity index (χ4n) is 2.75. The number of hydrogen-bond acceptors (Lipinski definition) is 1. The Morgan fingerprint density at radius 3 is 2.71 bits per heavy atom. The van der Waals surface area contributed by atoms with Crippen molar-refractivity contribution in [1.82, 2.24) is 9.97 Å². The van der Waals surface area contributed by atoms with Crippen molar-refractivity contribution in [2.45, 2.75) is 32.1 Å². The average molecular weight is 269 g/mol. The molecule has 1 fully saturated rings. The maximum Gasteiger partial charge on any atom is 0.110 e. The molecule has 2 aromatic rings. The minimum atomic E-state index is 0.556. The number of hydrogen-bond donors (Lipinski definition) is 1. The lowest BCUT2D eigenvalue weighted by molar-refractivity contribution is 0.514. The maximum absolute atomic E-state index is 6.01. The van der Waals surface area contributed by atoms with E-state index in [0.29, 0.717) is 21.9 Å². The summed E-state index contributed by atoms with van der Waals surface area (Å²) < 4.78 is 0. The highest BCUT2D eigenvalue weighted by Gasteiger charge is 2.27. The molecule has 90 valence electrons. The molecule has 0 aliphatic heterocycles. The van der Waals surface area contributed by atoms with E-state index >= 15 is 0 Å². The van der Waals surface area contributed by atoms with Crippen LogP contribution < -0.4 is 0 Å². The SMILES string of the molecule is CC1CCCC1c1nc2cc(Cl)c(Cl)cc2[nH]1. The average Bonchev–Trinajstić information content (AvgIpc) is 2.85. The third-order valence-corrected chi connectivity index (χ3v) is 4.48. The van der Waals surface area contributed by atoms with Gasteiger partial charge in [-0.15, -0.1) is 0 Å². The van der Waals surface area contributed by atoms with Crippen LogP contribution in [0.25, 0.3) is 11.0 Å². The summed E-state index contributed by atoms with van der Waals surface area (Å²) in [6, 6.07) is 3.69. The predicted molar refractivity (Wildman–Crippen MR) is 71.9 cm³/mol. The molecule has 0 radical (unpaired) electrons. The second-order valence-corrected chi connectivity index (χ2v) is 5.73. The van der Waals surface area contributed by atoms with Crippen molar-refractivity contribution >= 4 is 34.2 Å². The van der Waals surface area contributed by atoms with Crippen molar-refractivity contribution in [2.24, 2.45) is 5.92 Å². The molecule has 0 spiro atoms. The van der Waals surface area contributed by atoms with Gasteiger partial charge in [0, 0.05) is 5.92 Å². The van der Waals surface area contributed by atoms with Gasteiger partial charge in [0.2, 0.25) is 0 Å². The molecule has 1 heterocycles. The van der Waals surface area contributed by atoms with Crippen molar-refractivity contribution < 1.29 is 0 Å². The largest absolute Gasteiger partial charge is 0.342 e. The van der Waals surface area contributed by atoms with Gasteiger partial charge in [-0.1, -0.05) is 36.5 Å². The van der Waals surface area contributed by atoms with Crippen LogP contribution in [0.3, 0.4) is 0 Å². The summed E-state index contributed by atoms with van der Waals surface area (Å²) >= 11 is 12.0. The van der Waals surface area contributed by atoms with E-state index in [1.807, 2.05) is 12.1 Å². The highest BCUT2D eigenvalue weighted by Crippen LogP contribution is 2.39. The lowest BCUT2D eigenvalue weighted by atomic mass is 9.98. The van der Waals surface area contributed by atoms with Crippen molar-refractivity contribution in [3.8, 4) is 0 Å². The zero-order valence-corrected chi connectivity index (χ0v) is 11.1. The van der Waals surface area contributed by atoms with Crippen LogP contribution in [0.2, 0.25) is 10.0 Å². The van der Waals surface area contributed by atoms with Gasteiger partial charge in [-0.2, -0.15) is 0 Å². The second-order valence-electron chi connectivity index (χ2n) is 4.92. The molecule has 2 nitrogen and oxygen atoms in total. The summed E-state index contributed by atoms with van der Waals surface area (Å²) in [5.41, 5.74) is 1.89. The first-order chi connectivity index (χ1) is 8.15. The van der Waals surface area contributed by atoms with E-state index < -0.39 is 0 Å². The first-order valence-corrected chi connectivity index (χ1v) is 6.75. The van der Waals surface area contributed by atoms with Gasteiger partial charge >= 0.3 is 0 Å². The van der Waals surface area contributed by atoms with Crippen LogP contribution in [0.1, 0.15) is 37.9 Å². The number of rotatable bonds is 1. The molecule has 4 heteroatoms. The van der Waals surface area contributed by atoms with Gasteiger partial charge in [-0.3, -0.25) is 0 Å². The van der Waals surface area contributed by atoms with E-state index in [1.54, 1.807) is 0 Å². The standard InChI is InChI=1S/C13H14Cl2N2/c1-7-3-2-4-8(7)13-16-11-5-9(14)10(15)6-12(11)17-13/h5-8H,2-4H2,1H3,(H,16,17). The van der Waals surface area contributed by atoms with Crippen LogP contribution in [-0.4, -0.2) is 9.97 Å². The number of aromatic nitrogens is 2. The lowest BCUT2D eigenvalue weighted by Crippen LogP contribution is -2.03. The Balaban J connectivity index is 2.07. The van der Waals surface area contributed by atoms with E-state index in [1.165, 1.54) is 19.3 Å². The van der Waals surface area contributed by atoms with E-state index in [-0.39, 0.29) is 0 Å². The normalized spacial score (nSPS) is 24.6. The smallest absolute Gasteiger partial charge is 0.110 e. The zero-order chi connectivity index (χ0) is 12.0. The summed E-state index contributed by atoms with van der Waals surface area (Å²) in [5.74, 6) is 2.35. The number of fused-ring (bicyclic) bond motifs is 1. The van der Waals surface area contributed by atoms with Gasteiger partial charge < -0.3 is 4.98 Å². The molecule has 1 saturated carbocycles. The summed E-state index contributed by atoms with van der Waals surface area (Å²) in [6.45, 7) is 2.30. The topological polar surface area (TPSA) is 28.7 Å². The van der Waals surface area contributed by atoms with Crippen molar-refractivity contribution in [2.75, 3.05) is 0 Å². The van der Waals surface area contributed by atoms with Gasteiger partial charge in [-0.05, 0) is 30.9 Å². The molecule has 1 aromatic heterocycles. The Hall–Kier alpha value is -0.730. The molecule has 0 amide bonds. The number of nitrogens with zero attached hydrogens (tertiary/aromatic N) is 1. The first-order valence-electron chi connectivity index (χ1n) is 6.00. The Kier molecular flexibility index (Phi) is 2.80. The van der Waals surface area contributed by atoms with Crippen LogP contribution in [0.4, 0.5) is 0 Å². The van der Waals surface area contributed by atoms with Crippen LogP contribution in [-0.2, 0) is 0 Å². The quantitative estimate of drug-likeness (QED) is 0.793. The Bertz CT molecular complexity index is 523. The molecule has 2 unspecified atom stereocenters. The molecule has 1 N–H and O–H groups in total. The molecule has 17 heavy (non-hydrogen) atoms. The molecular weight excluding hydrogens is 255 g/mol. The van der Waals surface area contributed by atoms with Crippen LogP contribution in [0.15, 0.2) is 12.1 Å². The minimum Gasteiger partial charge on any atom is -0.342 e. The molecule has 0 bridgehead atoms. The molecule has 0 saturated heterocycles. The predicted octanol–water partition coefficient (Wildman–Crippen LogP) is 4.77. The molecule has 3 rings (SSSR count). The van der Waals surface area contributed by atoms with Gasteiger partial charge in [0.05, 0.1) is 21.1 Å². The van der Waals surface area contributed by atoms with Crippen LogP contribution in [0.5, 0.6) is 0 Å². The number of halogens is 2. The third kappa shape index (κ3) is 1.94. The summed E-state index contributed by atoms with van der Waals surface area (Å²) in [7, 11) is 0. The monoisotopic (exact) mass is 268 g/mol. The van der Waals surface area contributed by atoms with Crippen molar-refractivity contribution in [3.63, 3.8) is 0 Å². The van der Waals surface area contributed by atoms with Crippen molar-refractivity contribution in [3.05, 3.63) is 28.0 Å². The van der Waals surface area contributed by atoms with Crippen LogP contribution >= 0.6 is 23.2 Å². The summed E-state index contributed by atoms with van der Waals surface area (Å²) in [6.07, 6.45) is 3.82. The molecular formula is C13H14Cl2N2. The van der Waals surface area contributed by atoms with Gasteiger partial charge in [0.1, 0.15) is 5.82 Å². The summed E-state index contributed by atoms with van der Waals surface area (Å²) in [4.78, 5) is 8.03. The van der Waals surface area contributed by atoms with Gasteiger partial charge in [-0.25, -0.2) is 4.98 Å². The first kappa shape index (κ1) is 11.4. The molecule has 1 aliphatic carbocycles. The number of H-pyrrole nitrogens is 1. The number of nitrogens with one attached hydrogen (secondary N) is 1. The van der Waals surface area contributed by atoms with E-state index in [4.69, 9.17) is 23.2 Å². The minimum absolute atomic E-state index is 0.556. The fraction of sp³-hybridized carbons (Fsp3) is 0.462.